The van der Waals surface area contributed by atoms with E-state index in [2.05, 4.69) is 27.6 Å². The molecule has 1 unspecified atom stereocenters. The predicted molar refractivity (Wildman–Crippen MR) is 131 cm³/mol. The van der Waals surface area contributed by atoms with E-state index < -0.39 is 11.9 Å². The summed E-state index contributed by atoms with van der Waals surface area (Å²) >= 11 is 0. The Labute approximate surface area is 229 Å². The largest absolute Gasteiger partial charge is 0.490 e. The molecule has 177 valence electrons. The quantitative estimate of drug-likeness (QED) is 0.323. The molecule has 2 aromatic carbocycles. The van der Waals surface area contributed by atoms with E-state index in [-0.39, 0.29) is 44.5 Å². The molecule has 4 rings (SSSR count). The molecule has 8 nitrogen and oxygen atoms in total. The van der Waals surface area contributed by atoms with Crippen LogP contribution in [0.25, 0.3) is 0 Å². The van der Waals surface area contributed by atoms with Crippen molar-refractivity contribution in [1.29, 1.82) is 0 Å². The molecule has 35 heavy (non-hydrogen) atoms. The fourth-order valence-corrected chi connectivity index (χ4v) is 3.33. The smallest absolute Gasteiger partial charge is 0.280 e. The van der Waals surface area contributed by atoms with Gasteiger partial charge in [-0.1, -0.05) is 42.5 Å². The standard InChI is InChI=1S/C21H18N4O2.C5H7O2.Y/c1-14-18(20(26)24(22-14)16-9-5-3-6-10-16)13-19-15(2)23-25(21(19)27)17-11-7-4-8-12-17;1-3-5(6)7-4-2;/h3-13,18H,1-2H3;1,4H2,2H3;/q;-1;. The number of carbonyl (C=O) groups is 3. The molecule has 1 atom stereocenters. The molecule has 0 spiro atoms. The first-order valence-corrected chi connectivity index (χ1v) is 10.7. The van der Waals surface area contributed by atoms with E-state index in [0.29, 0.717) is 35.0 Å². The number of benzene rings is 2. The van der Waals surface area contributed by atoms with Gasteiger partial charge in [-0.2, -0.15) is 20.2 Å². The molecule has 2 aliphatic heterocycles. The van der Waals surface area contributed by atoms with Crippen LogP contribution in [0, 0.1) is 12.0 Å². The second kappa shape index (κ2) is 13.0. The van der Waals surface area contributed by atoms with Crippen LogP contribution in [0.1, 0.15) is 20.8 Å². The molecule has 1 radical (unpaired) electrons. The zero-order valence-electron chi connectivity index (χ0n) is 19.8. The van der Waals surface area contributed by atoms with Crippen molar-refractivity contribution in [2.45, 2.75) is 20.8 Å². The number of esters is 1. The van der Waals surface area contributed by atoms with Gasteiger partial charge in [0.05, 0.1) is 40.9 Å². The summed E-state index contributed by atoms with van der Waals surface area (Å²) in [5.41, 5.74) is 3.07. The third kappa shape index (κ3) is 6.68. The summed E-state index contributed by atoms with van der Waals surface area (Å²) in [5, 5.41) is 11.5. The van der Waals surface area contributed by atoms with Crippen molar-refractivity contribution in [3.63, 3.8) is 0 Å². The molecule has 0 aromatic heterocycles. The molecular formula is C26H25N4O4Y-. The van der Waals surface area contributed by atoms with Crippen LogP contribution in [-0.2, 0) is 51.8 Å². The van der Waals surface area contributed by atoms with Gasteiger partial charge in [0, 0.05) is 32.7 Å². The van der Waals surface area contributed by atoms with E-state index in [1.807, 2.05) is 60.7 Å². The second-order valence-electron chi connectivity index (χ2n) is 7.32. The van der Waals surface area contributed by atoms with Crippen molar-refractivity contribution in [2.24, 2.45) is 16.1 Å². The summed E-state index contributed by atoms with van der Waals surface area (Å²) < 4.78 is 4.38. The van der Waals surface area contributed by atoms with Gasteiger partial charge in [0.25, 0.3) is 11.8 Å². The van der Waals surface area contributed by atoms with E-state index in [9.17, 15) is 14.4 Å². The fourth-order valence-electron chi connectivity index (χ4n) is 3.33. The topological polar surface area (TPSA) is 91.6 Å². The number of hydrogen-bond acceptors (Lipinski definition) is 6. The summed E-state index contributed by atoms with van der Waals surface area (Å²) in [6.45, 7) is 8.77. The third-order valence-corrected chi connectivity index (χ3v) is 5.00. The van der Waals surface area contributed by atoms with Gasteiger partial charge in [0.1, 0.15) is 5.97 Å². The first kappa shape index (κ1) is 28.0. The Bertz CT molecular complexity index is 1180. The second-order valence-corrected chi connectivity index (χ2v) is 7.32. The fraction of sp³-hybridized carbons (Fsp3) is 0.192. The molecular weight excluding hydrogens is 521 g/mol. The molecule has 2 amide bonds. The van der Waals surface area contributed by atoms with E-state index in [0.717, 1.165) is 0 Å². The first-order valence-electron chi connectivity index (χ1n) is 10.7. The number of hydrogen-bond donors (Lipinski definition) is 0. The number of para-hydroxylation sites is 2. The van der Waals surface area contributed by atoms with E-state index in [1.165, 1.54) is 10.0 Å². The Kier molecular flexibility index (Phi) is 10.4. The molecule has 2 aromatic rings. The van der Waals surface area contributed by atoms with Crippen LogP contribution in [0.2, 0.25) is 0 Å². The predicted octanol–water partition coefficient (Wildman–Crippen LogP) is 3.91. The number of ether oxygens (including phenoxy) is 1. The number of carbonyl (C=O) groups excluding carboxylic acids is 3. The Hall–Kier alpha value is -3.23. The normalized spacial score (nSPS) is 17.8. The Balaban J connectivity index is 0.000000476. The maximum atomic E-state index is 12.9. The van der Waals surface area contributed by atoms with Gasteiger partial charge in [0.2, 0.25) is 0 Å². The summed E-state index contributed by atoms with van der Waals surface area (Å²) in [6.07, 6.45) is 3.73. The van der Waals surface area contributed by atoms with Gasteiger partial charge in [-0.15, -0.1) is 0 Å². The van der Waals surface area contributed by atoms with E-state index in [1.54, 1.807) is 26.8 Å². The van der Waals surface area contributed by atoms with Crippen LogP contribution in [0.5, 0.6) is 0 Å². The molecule has 2 heterocycles. The van der Waals surface area contributed by atoms with Crippen molar-refractivity contribution in [1.82, 2.24) is 0 Å². The van der Waals surface area contributed by atoms with Gasteiger partial charge in [-0.3, -0.25) is 21.0 Å². The SMILES string of the molecule is C=[C-]C(=O)OCC.CC1=NN(c2ccccc2)C(=O)C1=CC1C(=O)N(c2ccccc2)N=C1C.[Y]. The molecule has 2 aliphatic rings. The monoisotopic (exact) mass is 546 g/mol. The average molecular weight is 546 g/mol. The van der Waals surface area contributed by atoms with Gasteiger partial charge < -0.3 is 10.8 Å². The maximum Gasteiger partial charge on any atom is 0.280 e. The minimum atomic E-state index is -0.579. The van der Waals surface area contributed by atoms with Crippen LogP contribution in [-0.4, -0.2) is 35.8 Å². The van der Waals surface area contributed by atoms with Crippen LogP contribution >= 0.6 is 0 Å². The van der Waals surface area contributed by atoms with Crippen molar-refractivity contribution < 1.29 is 51.8 Å². The van der Waals surface area contributed by atoms with Gasteiger partial charge >= 0.3 is 0 Å². The van der Waals surface area contributed by atoms with Gasteiger partial charge in [-0.25, -0.2) is 0 Å². The molecule has 0 bridgehead atoms. The molecule has 9 heteroatoms. The Morgan fingerprint density at radius 2 is 1.54 bits per heavy atom. The van der Waals surface area contributed by atoms with Crippen molar-refractivity contribution in [3.05, 3.63) is 85.0 Å². The van der Waals surface area contributed by atoms with E-state index in [4.69, 9.17) is 0 Å². The summed E-state index contributed by atoms with van der Waals surface area (Å²) in [4.78, 5) is 35.7. The van der Waals surface area contributed by atoms with Crippen molar-refractivity contribution >= 4 is 40.6 Å². The summed E-state index contributed by atoms with van der Waals surface area (Å²) in [7, 11) is 0. The zero-order valence-corrected chi connectivity index (χ0v) is 22.7. The van der Waals surface area contributed by atoms with E-state index >= 15 is 0 Å². The molecule has 0 saturated carbocycles. The van der Waals surface area contributed by atoms with Crippen molar-refractivity contribution in [2.75, 3.05) is 16.6 Å². The van der Waals surface area contributed by atoms with Crippen LogP contribution in [0.3, 0.4) is 0 Å². The number of amides is 2. The van der Waals surface area contributed by atoms with Crippen LogP contribution in [0.15, 0.2) is 89.1 Å². The van der Waals surface area contributed by atoms with Gasteiger partial charge in [-0.05, 0) is 45.0 Å². The Morgan fingerprint density at radius 1 is 1.00 bits per heavy atom. The summed E-state index contributed by atoms with van der Waals surface area (Å²) in [6, 6.07) is 18.5. The molecule has 0 saturated heterocycles. The number of hydrazone groups is 2. The average Bonchev–Trinajstić information content (AvgIpc) is 3.30. The number of anilines is 2. The molecule has 0 aliphatic carbocycles. The number of nitrogens with zero attached hydrogens (tertiary/aromatic N) is 4. The maximum absolute atomic E-state index is 12.9. The zero-order chi connectivity index (χ0) is 24.7. The molecule has 0 N–H and O–H groups in total. The van der Waals surface area contributed by atoms with Crippen molar-refractivity contribution in [3.8, 4) is 0 Å². The minimum Gasteiger partial charge on any atom is -0.490 e. The third-order valence-electron chi connectivity index (χ3n) is 5.00. The number of rotatable bonds is 5. The molecule has 0 fully saturated rings. The van der Waals surface area contributed by atoms with Gasteiger partial charge in [0.15, 0.2) is 0 Å². The van der Waals surface area contributed by atoms with Crippen LogP contribution < -0.4 is 10.0 Å². The first-order chi connectivity index (χ1) is 16.4. The summed E-state index contributed by atoms with van der Waals surface area (Å²) in [5.74, 6) is -1.48. The van der Waals surface area contributed by atoms with Crippen LogP contribution in [0.4, 0.5) is 11.4 Å². The Morgan fingerprint density at radius 3 is 2.03 bits per heavy atom. The minimum absolute atomic E-state index is 0.